The van der Waals surface area contributed by atoms with Crippen LogP contribution in [0.4, 0.5) is 15.7 Å². The lowest BCUT2D eigenvalue weighted by Crippen LogP contribution is -2.37. The number of nitrogens with zero attached hydrogens (tertiary/aromatic N) is 4. The first-order valence-corrected chi connectivity index (χ1v) is 13.2. The summed E-state index contributed by atoms with van der Waals surface area (Å²) in [5.74, 6) is 3.42. The highest BCUT2D eigenvalue weighted by molar-refractivity contribution is 7.99. The number of rotatable bonds is 7. The first kappa shape index (κ1) is 23.4. The van der Waals surface area contributed by atoms with Gasteiger partial charge in [-0.15, -0.1) is 23.1 Å². The Morgan fingerprint density at radius 1 is 1.23 bits per heavy atom. The van der Waals surface area contributed by atoms with Gasteiger partial charge in [-0.2, -0.15) is 0 Å². The predicted molar refractivity (Wildman–Crippen MR) is 139 cm³/mol. The van der Waals surface area contributed by atoms with Gasteiger partial charge in [0.05, 0.1) is 16.1 Å². The van der Waals surface area contributed by atoms with Crippen molar-refractivity contribution in [2.24, 2.45) is 5.92 Å². The van der Waals surface area contributed by atoms with E-state index in [4.69, 9.17) is 4.74 Å². The minimum absolute atomic E-state index is 0.446. The number of anilines is 2. The van der Waals surface area contributed by atoms with Gasteiger partial charge < -0.3 is 20.1 Å². The molecular weight excluding hydrogens is 482 g/mol. The Morgan fingerprint density at radius 3 is 2.86 bits per heavy atom. The molecule has 0 unspecified atom stereocenters. The summed E-state index contributed by atoms with van der Waals surface area (Å²) in [4.78, 5) is 27.1. The van der Waals surface area contributed by atoms with Crippen LogP contribution in [0.2, 0.25) is 0 Å². The van der Waals surface area contributed by atoms with Gasteiger partial charge in [0.2, 0.25) is 0 Å². The molecule has 180 valence electrons. The molecule has 10 heteroatoms. The molecule has 1 fully saturated rings. The fraction of sp³-hybridized carbons (Fsp3) is 0.280. The van der Waals surface area contributed by atoms with E-state index in [1.54, 1.807) is 18.0 Å². The number of ether oxygens (including phenoxy) is 1. The number of likely N-dealkylation sites (tertiary alicyclic amines) is 1. The summed E-state index contributed by atoms with van der Waals surface area (Å²) in [7, 11) is 0. The summed E-state index contributed by atoms with van der Waals surface area (Å²) in [6, 6.07) is 11.6. The SMILES string of the molecule is Cc1csc(Nc2cc(Oc3cccc4ncccc34)c(SCC3CCN(C(=O)O)CC3)cn2)n1. The molecule has 1 aliphatic rings. The first-order valence-electron chi connectivity index (χ1n) is 11.4. The van der Waals surface area contributed by atoms with Crippen LogP contribution in [0.25, 0.3) is 10.9 Å². The van der Waals surface area contributed by atoms with Crippen LogP contribution in [0.3, 0.4) is 0 Å². The molecule has 4 heterocycles. The molecule has 4 aromatic rings. The van der Waals surface area contributed by atoms with Crippen molar-refractivity contribution in [2.45, 2.75) is 24.7 Å². The molecule has 5 rings (SSSR count). The van der Waals surface area contributed by atoms with Gasteiger partial charge in [-0.25, -0.2) is 14.8 Å². The van der Waals surface area contributed by atoms with Crippen molar-refractivity contribution >= 4 is 51.0 Å². The van der Waals surface area contributed by atoms with E-state index in [0.29, 0.717) is 30.6 Å². The maximum Gasteiger partial charge on any atom is 0.407 e. The number of amides is 1. The summed E-state index contributed by atoms with van der Waals surface area (Å²) >= 11 is 3.23. The Labute approximate surface area is 211 Å². The van der Waals surface area contributed by atoms with E-state index < -0.39 is 6.09 Å². The zero-order valence-electron chi connectivity index (χ0n) is 19.2. The van der Waals surface area contributed by atoms with Crippen LogP contribution >= 0.6 is 23.1 Å². The highest BCUT2D eigenvalue weighted by Gasteiger charge is 2.23. The number of thiazole rings is 1. The van der Waals surface area contributed by atoms with Crippen molar-refractivity contribution in [3.05, 3.63) is 59.9 Å². The minimum atomic E-state index is -0.834. The third kappa shape index (κ3) is 5.66. The van der Waals surface area contributed by atoms with E-state index in [1.165, 1.54) is 16.2 Å². The van der Waals surface area contributed by atoms with Gasteiger partial charge in [0.15, 0.2) is 5.13 Å². The number of thioether (sulfide) groups is 1. The van der Waals surface area contributed by atoms with Crippen LogP contribution < -0.4 is 10.1 Å². The van der Waals surface area contributed by atoms with Gasteiger partial charge in [0.1, 0.15) is 17.3 Å². The maximum atomic E-state index is 11.2. The second kappa shape index (κ2) is 10.5. The van der Waals surface area contributed by atoms with E-state index in [9.17, 15) is 9.90 Å². The number of hydrogen-bond acceptors (Lipinski definition) is 8. The molecule has 0 aliphatic carbocycles. The average molecular weight is 508 g/mol. The van der Waals surface area contributed by atoms with Gasteiger partial charge in [0.25, 0.3) is 0 Å². The van der Waals surface area contributed by atoms with Crippen molar-refractivity contribution < 1.29 is 14.6 Å². The van der Waals surface area contributed by atoms with Gasteiger partial charge in [0, 0.05) is 48.1 Å². The number of benzene rings is 1. The van der Waals surface area contributed by atoms with E-state index in [1.807, 2.05) is 54.9 Å². The number of piperidine rings is 1. The molecule has 35 heavy (non-hydrogen) atoms. The highest BCUT2D eigenvalue weighted by atomic mass is 32.2. The van der Waals surface area contributed by atoms with Crippen molar-refractivity contribution in [1.29, 1.82) is 0 Å². The van der Waals surface area contributed by atoms with Gasteiger partial charge in [-0.05, 0) is 49.9 Å². The molecular formula is C25H25N5O3S2. The molecule has 1 saturated heterocycles. The molecule has 3 aromatic heterocycles. The van der Waals surface area contributed by atoms with E-state index >= 15 is 0 Å². The first-order chi connectivity index (χ1) is 17.0. The number of nitrogens with one attached hydrogen (secondary N) is 1. The van der Waals surface area contributed by atoms with Crippen molar-refractivity contribution in [3.8, 4) is 11.5 Å². The fourth-order valence-corrected chi connectivity index (χ4v) is 5.80. The van der Waals surface area contributed by atoms with E-state index in [-0.39, 0.29) is 0 Å². The smallest absolute Gasteiger partial charge is 0.407 e. The third-order valence-corrected chi connectivity index (χ3v) is 8.00. The number of hydrogen-bond donors (Lipinski definition) is 2. The number of carboxylic acid groups (broad SMARTS) is 1. The van der Waals surface area contributed by atoms with E-state index in [0.717, 1.165) is 51.0 Å². The largest absolute Gasteiger partial charge is 0.465 e. The Morgan fingerprint density at radius 2 is 2.09 bits per heavy atom. The lowest BCUT2D eigenvalue weighted by atomic mass is 9.99. The summed E-state index contributed by atoms with van der Waals surface area (Å²) in [5.41, 5.74) is 1.83. The monoisotopic (exact) mass is 507 g/mol. The summed E-state index contributed by atoms with van der Waals surface area (Å²) in [6.07, 6.45) is 4.49. The van der Waals surface area contributed by atoms with E-state index in [2.05, 4.69) is 20.3 Å². The number of carbonyl (C=O) groups is 1. The minimum Gasteiger partial charge on any atom is -0.465 e. The highest BCUT2D eigenvalue weighted by Crippen LogP contribution is 2.38. The molecule has 1 aromatic carbocycles. The second-order valence-corrected chi connectivity index (χ2v) is 10.3. The molecule has 0 saturated carbocycles. The van der Waals surface area contributed by atoms with Crippen LogP contribution in [-0.2, 0) is 0 Å². The van der Waals surface area contributed by atoms with Crippen molar-refractivity contribution in [1.82, 2.24) is 19.9 Å². The standard InChI is InChI=1S/C25H25N5O3S2/c1-16-14-35-24(28-16)29-23-12-21(33-20-6-2-5-19-18(20)4-3-9-26-19)22(13-27-23)34-15-17-7-10-30(11-8-17)25(31)32/h2-6,9,12-14,17H,7-8,10-11,15H2,1H3,(H,31,32)(H,27,28,29). The molecule has 2 N–H and O–H groups in total. The maximum absolute atomic E-state index is 11.2. The number of aromatic nitrogens is 3. The van der Waals surface area contributed by atoms with Crippen LogP contribution in [0.5, 0.6) is 11.5 Å². The Balaban J connectivity index is 1.38. The summed E-state index contributed by atoms with van der Waals surface area (Å²) in [5, 5.41) is 16.2. The zero-order chi connectivity index (χ0) is 24.2. The predicted octanol–water partition coefficient (Wildman–Crippen LogP) is 6.41. The fourth-order valence-electron chi connectivity index (χ4n) is 3.98. The Bertz CT molecular complexity index is 1330. The molecule has 0 bridgehead atoms. The molecule has 0 spiro atoms. The van der Waals surface area contributed by atoms with Gasteiger partial charge >= 0.3 is 6.09 Å². The average Bonchev–Trinajstić information content (AvgIpc) is 3.28. The third-order valence-electron chi connectivity index (χ3n) is 5.87. The molecule has 0 radical (unpaired) electrons. The normalized spacial score (nSPS) is 14.3. The topological polar surface area (TPSA) is 100 Å². The van der Waals surface area contributed by atoms with Crippen molar-refractivity contribution in [3.63, 3.8) is 0 Å². The molecule has 0 atom stereocenters. The number of fused-ring (bicyclic) bond motifs is 1. The Hall–Kier alpha value is -3.37. The Kier molecular flexibility index (Phi) is 7.01. The zero-order valence-corrected chi connectivity index (χ0v) is 20.8. The van der Waals surface area contributed by atoms with Crippen molar-refractivity contribution in [2.75, 3.05) is 24.2 Å². The van der Waals surface area contributed by atoms with Gasteiger partial charge in [-0.1, -0.05) is 6.07 Å². The lowest BCUT2D eigenvalue weighted by Gasteiger charge is -2.29. The molecule has 8 nitrogen and oxygen atoms in total. The van der Waals surface area contributed by atoms with Gasteiger partial charge in [-0.3, -0.25) is 4.98 Å². The number of aryl methyl sites for hydroxylation is 1. The van der Waals surface area contributed by atoms with Crippen LogP contribution in [0, 0.1) is 12.8 Å². The molecule has 1 amide bonds. The van der Waals surface area contributed by atoms with Crippen LogP contribution in [-0.4, -0.2) is 49.9 Å². The van der Waals surface area contributed by atoms with Crippen LogP contribution in [0.1, 0.15) is 18.5 Å². The molecule has 1 aliphatic heterocycles. The number of pyridine rings is 2. The summed E-state index contributed by atoms with van der Waals surface area (Å²) < 4.78 is 6.45. The second-order valence-electron chi connectivity index (χ2n) is 8.39. The van der Waals surface area contributed by atoms with Crippen LogP contribution in [0.15, 0.2) is 59.1 Å². The quantitative estimate of drug-likeness (QED) is 0.277. The lowest BCUT2D eigenvalue weighted by molar-refractivity contribution is 0.127. The summed E-state index contributed by atoms with van der Waals surface area (Å²) in [6.45, 7) is 3.13.